The van der Waals surface area contributed by atoms with Gasteiger partial charge in [-0.2, -0.15) is 0 Å². The highest BCUT2D eigenvalue weighted by Gasteiger charge is 2.74. The molecule has 2 aliphatic carbocycles. The van der Waals surface area contributed by atoms with Crippen molar-refractivity contribution in [3.05, 3.63) is 62.8 Å². The molecule has 6 atom stereocenters. The lowest BCUT2D eigenvalue weighted by atomic mass is 9.46. The SMILES string of the molecule is C=CCN1CC[C@]23c4c5ccc(O)c4OC2C(N(C)C(=O)/C=C/c2cc(Br)cs2)C(C)C[C@@]3(O)[C@H]1C5. The molecule has 6 nitrogen and oxygen atoms in total. The number of nitrogens with zero attached hydrogens (tertiary/aromatic N) is 2. The number of benzene rings is 1. The largest absolute Gasteiger partial charge is 0.504 e. The number of likely N-dealkylation sites (tertiary alicyclic amines) is 1. The minimum absolute atomic E-state index is 0.00413. The van der Waals surface area contributed by atoms with Gasteiger partial charge in [-0.05, 0) is 71.4 Å². The Morgan fingerprint density at radius 3 is 2.97 bits per heavy atom. The summed E-state index contributed by atoms with van der Waals surface area (Å²) in [7, 11) is 1.83. The summed E-state index contributed by atoms with van der Waals surface area (Å²) in [6, 6.07) is 5.35. The van der Waals surface area contributed by atoms with Crippen LogP contribution in [0.1, 0.15) is 35.8 Å². The zero-order valence-electron chi connectivity index (χ0n) is 20.5. The Bertz CT molecular complexity index is 1280. The second kappa shape index (κ2) is 8.45. The van der Waals surface area contributed by atoms with E-state index in [9.17, 15) is 15.0 Å². The molecule has 2 bridgehead atoms. The minimum Gasteiger partial charge on any atom is -0.504 e. The smallest absolute Gasteiger partial charge is 0.246 e. The highest BCUT2D eigenvalue weighted by Crippen LogP contribution is 2.66. The Kier molecular flexibility index (Phi) is 5.68. The van der Waals surface area contributed by atoms with Crippen molar-refractivity contribution in [3.8, 4) is 11.5 Å². The fourth-order valence-corrected chi connectivity index (χ4v) is 9.02. The van der Waals surface area contributed by atoms with Crippen LogP contribution in [0.5, 0.6) is 11.5 Å². The van der Waals surface area contributed by atoms with Crippen molar-refractivity contribution >= 4 is 39.2 Å². The molecule has 2 aliphatic heterocycles. The van der Waals surface area contributed by atoms with E-state index in [-0.39, 0.29) is 29.7 Å². The van der Waals surface area contributed by atoms with E-state index in [1.165, 1.54) is 0 Å². The fraction of sp³-hybridized carbons (Fsp3) is 0.464. The van der Waals surface area contributed by atoms with Crippen molar-refractivity contribution in [3.63, 3.8) is 0 Å². The predicted octanol–water partition coefficient (Wildman–Crippen LogP) is 4.34. The number of likely N-dealkylation sites (N-methyl/N-ethyl adjacent to an activating group) is 1. The van der Waals surface area contributed by atoms with Crippen LogP contribution in [-0.2, 0) is 16.6 Å². The number of rotatable bonds is 5. The Balaban J connectivity index is 1.42. The van der Waals surface area contributed by atoms with E-state index in [1.54, 1.807) is 28.4 Å². The first-order valence-electron chi connectivity index (χ1n) is 12.5. The lowest BCUT2D eigenvalue weighted by molar-refractivity contribution is -0.210. The number of aliphatic hydroxyl groups is 1. The Labute approximate surface area is 224 Å². The molecule has 2 N–H and O–H groups in total. The third-order valence-electron chi connectivity index (χ3n) is 9.03. The normalized spacial score (nSPS) is 34.3. The monoisotopic (exact) mass is 570 g/mol. The van der Waals surface area contributed by atoms with E-state index in [4.69, 9.17) is 4.74 Å². The molecule has 2 aromatic rings. The van der Waals surface area contributed by atoms with Crippen LogP contribution in [-0.4, -0.2) is 69.8 Å². The van der Waals surface area contributed by atoms with E-state index in [0.717, 1.165) is 27.0 Å². The van der Waals surface area contributed by atoms with E-state index in [2.05, 4.69) is 34.3 Å². The first-order chi connectivity index (χ1) is 17.2. The number of ether oxygens (including phenoxy) is 1. The topological polar surface area (TPSA) is 73.2 Å². The number of hydrogen-bond acceptors (Lipinski definition) is 6. The number of halogens is 1. The van der Waals surface area contributed by atoms with Gasteiger partial charge in [-0.3, -0.25) is 9.69 Å². The van der Waals surface area contributed by atoms with Crippen LogP contribution in [0.25, 0.3) is 6.08 Å². The number of phenols is 1. The summed E-state index contributed by atoms with van der Waals surface area (Å²) in [6.07, 6.45) is 6.88. The number of thiophene rings is 1. The van der Waals surface area contributed by atoms with E-state index >= 15 is 0 Å². The van der Waals surface area contributed by atoms with Gasteiger partial charge in [-0.1, -0.05) is 19.1 Å². The van der Waals surface area contributed by atoms with Gasteiger partial charge in [0.2, 0.25) is 5.91 Å². The maximum atomic E-state index is 13.4. The van der Waals surface area contributed by atoms with Gasteiger partial charge in [0, 0.05) is 46.0 Å². The number of amides is 1. The van der Waals surface area contributed by atoms with E-state index in [0.29, 0.717) is 31.6 Å². The number of phenolic OH excluding ortho intramolecular Hbond substituents is 1. The quantitative estimate of drug-likeness (QED) is 0.413. The van der Waals surface area contributed by atoms with Crippen molar-refractivity contribution in [2.75, 3.05) is 20.1 Å². The number of aromatic hydroxyl groups is 1. The molecule has 3 heterocycles. The van der Waals surface area contributed by atoms with Crippen LogP contribution >= 0.6 is 27.3 Å². The Morgan fingerprint density at radius 2 is 2.25 bits per heavy atom. The van der Waals surface area contributed by atoms with E-state index in [1.807, 2.05) is 36.7 Å². The molecule has 2 fully saturated rings. The van der Waals surface area contributed by atoms with Gasteiger partial charge in [0.1, 0.15) is 6.10 Å². The van der Waals surface area contributed by atoms with Gasteiger partial charge < -0.3 is 19.8 Å². The van der Waals surface area contributed by atoms with Crippen molar-refractivity contribution in [1.82, 2.24) is 9.80 Å². The summed E-state index contributed by atoms with van der Waals surface area (Å²) in [5.41, 5.74) is 0.384. The fourth-order valence-electron chi connectivity index (χ4n) is 7.68. The van der Waals surface area contributed by atoms with Crippen LogP contribution in [0.2, 0.25) is 0 Å². The summed E-state index contributed by atoms with van der Waals surface area (Å²) < 4.78 is 7.61. The maximum absolute atomic E-state index is 13.4. The Hall–Kier alpha value is -2.13. The lowest BCUT2D eigenvalue weighted by Gasteiger charge is -2.65. The molecule has 8 heteroatoms. The van der Waals surface area contributed by atoms with Gasteiger partial charge in [-0.15, -0.1) is 17.9 Å². The van der Waals surface area contributed by atoms with Gasteiger partial charge in [0.15, 0.2) is 11.5 Å². The first-order valence-corrected chi connectivity index (χ1v) is 14.2. The van der Waals surface area contributed by atoms with Gasteiger partial charge in [0.25, 0.3) is 0 Å². The van der Waals surface area contributed by atoms with Crippen molar-refractivity contribution in [2.45, 2.75) is 55.4 Å². The molecular weight excluding hydrogens is 540 g/mol. The second-order valence-electron chi connectivity index (χ2n) is 10.8. The summed E-state index contributed by atoms with van der Waals surface area (Å²) in [5, 5.41) is 25.4. The van der Waals surface area contributed by atoms with E-state index < -0.39 is 17.1 Å². The third-order valence-corrected chi connectivity index (χ3v) is 10.7. The highest BCUT2D eigenvalue weighted by molar-refractivity contribution is 9.10. The molecule has 1 saturated carbocycles. The molecule has 6 rings (SSSR count). The van der Waals surface area contributed by atoms with Crippen LogP contribution in [0.4, 0.5) is 0 Å². The van der Waals surface area contributed by atoms with Crippen molar-refractivity contribution < 1.29 is 19.7 Å². The summed E-state index contributed by atoms with van der Waals surface area (Å²) >= 11 is 5.03. The van der Waals surface area contributed by atoms with Crippen LogP contribution in [0, 0.1) is 5.92 Å². The molecule has 3 unspecified atom stereocenters. The number of piperidine rings is 1. The van der Waals surface area contributed by atoms with Gasteiger partial charge in [0.05, 0.1) is 17.1 Å². The summed E-state index contributed by atoms with van der Waals surface area (Å²) in [4.78, 5) is 18.5. The lowest BCUT2D eigenvalue weighted by Crippen LogP contribution is -2.79. The molecule has 4 aliphatic rings. The van der Waals surface area contributed by atoms with Crippen LogP contribution in [0.3, 0.4) is 0 Å². The van der Waals surface area contributed by atoms with Crippen LogP contribution in [0.15, 0.2) is 46.8 Å². The molecule has 36 heavy (non-hydrogen) atoms. The average Bonchev–Trinajstić information content (AvgIpc) is 3.41. The van der Waals surface area contributed by atoms with Crippen molar-refractivity contribution in [1.29, 1.82) is 0 Å². The minimum atomic E-state index is -1.02. The zero-order valence-corrected chi connectivity index (χ0v) is 22.9. The van der Waals surface area contributed by atoms with Gasteiger partial charge >= 0.3 is 0 Å². The molecule has 1 aromatic carbocycles. The second-order valence-corrected chi connectivity index (χ2v) is 12.6. The first kappa shape index (κ1) is 24.2. The number of carbonyl (C=O) groups is 1. The third kappa shape index (κ3) is 3.17. The molecule has 0 radical (unpaired) electrons. The Morgan fingerprint density at radius 1 is 1.44 bits per heavy atom. The highest BCUT2D eigenvalue weighted by atomic mass is 79.9. The predicted molar refractivity (Wildman–Crippen MR) is 144 cm³/mol. The molecular formula is C28H31BrN2O4S. The zero-order chi connectivity index (χ0) is 25.4. The van der Waals surface area contributed by atoms with Crippen molar-refractivity contribution in [2.24, 2.45) is 5.92 Å². The molecule has 1 amide bonds. The average molecular weight is 572 g/mol. The molecule has 1 spiro atoms. The number of carbonyl (C=O) groups excluding carboxylic acids is 1. The maximum Gasteiger partial charge on any atom is 0.246 e. The van der Waals surface area contributed by atoms with Gasteiger partial charge in [-0.25, -0.2) is 0 Å². The standard InChI is InChI=1S/C28H31BrN2O4S/c1-4-10-31-11-9-27-23-17-5-7-20(32)25(23)35-26(27)24(16(2)14-28(27,34)21(31)12-17)30(3)22(33)8-6-19-13-18(29)15-36-19/h4-8,13,15-16,21,24,26,32,34H,1,9-12,14H2,2-3H3/b8-6+/t16?,21-,24?,26?,27+,28-/m1/s1. The molecule has 1 aromatic heterocycles. The summed E-state index contributed by atoms with van der Waals surface area (Å²) in [5.74, 6) is 0.495. The summed E-state index contributed by atoms with van der Waals surface area (Å²) in [6.45, 7) is 7.57. The van der Waals surface area contributed by atoms with Crippen LogP contribution < -0.4 is 4.74 Å². The molecule has 1 saturated heterocycles. The molecule has 190 valence electrons. The number of hydrogen-bond donors (Lipinski definition) is 2.